The fourth-order valence-corrected chi connectivity index (χ4v) is 2.73. The van der Waals surface area contributed by atoms with Crippen molar-refractivity contribution in [3.05, 3.63) is 64.7 Å². The Bertz CT molecular complexity index is 757. The van der Waals surface area contributed by atoms with Crippen LogP contribution in [-0.4, -0.2) is 24.2 Å². The summed E-state index contributed by atoms with van der Waals surface area (Å²) < 4.78 is 5.04. The second kappa shape index (κ2) is 9.92. The average Bonchev–Trinajstić information content (AvgIpc) is 2.62. The van der Waals surface area contributed by atoms with E-state index in [-0.39, 0.29) is 5.97 Å². The number of rotatable bonds is 7. The number of thiocarbonyl (C=S) groups is 1. The number of aryl methyl sites for hydroxylation is 3. The fraction of sp³-hybridized carbons (Fsp3) is 0.333. The Morgan fingerprint density at radius 2 is 1.85 bits per heavy atom. The topological polar surface area (TPSA) is 50.4 Å². The Morgan fingerprint density at radius 3 is 2.54 bits per heavy atom. The van der Waals surface area contributed by atoms with Gasteiger partial charge in [-0.05, 0) is 69.1 Å². The molecule has 138 valence electrons. The molecule has 0 aliphatic rings. The molecule has 0 atom stereocenters. The molecule has 0 aromatic heterocycles. The highest BCUT2D eigenvalue weighted by Gasteiger charge is 2.09. The lowest BCUT2D eigenvalue weighted by molar-refractivity contribution is 0.0526. The summed E-state index contributed by atoms with van der Waals surface area (Å²) in [6, 6.07) is 14.0. The highest BCUT2D eigenvalue weighted by molar-refractivity contribution is 7.80. The van der Waals surface area contributed by atoms with Crippen LogP contribution in [0.1, 0.15) is 40.4 Å². The van der Waals surface area contributed by atoms with Crippen molar-refractivity contribution >= 4 is 29.0 Å². The number of esters is 1. The average molecular weight is 371 g/mol. The summed E-state index contributed by atoms with van der Waals surface area (Å²) in [5.74, 6) is -0.326. The molecule has 0 unspecified atom stereocenters. The third-order valence-electron chi connectivity index (χ3n) is 4.05. The van der Waals surface area contributed by atoms with Crippen molar-refractivity contribution in [1.82, 2.24) is 5.32 Å². The van der Waals surface area contributed by atoms with E-state index in [2.05, 4.69) is 41.8 Å². The predicted octanol–water partition coefficient (Wildman–Crippen LogP) is 4.40. The SMILES string of the molecule is CCOC(=O)c1ccc(C)c(NC(=S)NCCCc2ccc(C)cc2)c1. The molecule has 0 bridgehead atoms. The molecule has 0 fully saturated rings. The number of hydrogen-bond acceptors (Lipinski definition) is 3. The number of benzene rings is 2. The summed E-state index contributed by atoms with van der Waals surface area (Å²) in [7, 11) is 0. The lowest BCUT2D eigenvalue weighted by atomic mass is 10.1. The van der Waals surface area contributed by atoms with E-state index in [0.717, 1.165) is 30.6 Å². The Hall–Kier alpha value is -2.40. The third-order valence-corrected chi connectivity index (χ3v) is 4.29. The summed E-state index contributed by atoms with van der Waals surface area (Å²) in [6.45, 7) is 7.00. The molecule has 2 N–H and O–H groups in total. The van der Waals surface area contributed by atoms with E-state index in [1.165, 1.54) is 11.1 Å². The van der Waals surface area contributed by atoms with Gasteiger partial charge < -0.3 is 15.4 Å². The van der Waals surface area contributed by atoms with Crippen molar-refractivity contribution in [3.8, 4) is 0 Å². The van der Waals surface area contributed by atoms with Crippen LogP contribution in [0.2, 0.25) is 0 Å². The van der Waals surface area contributed by atoms with Crippen LogP contribution in [0.15, 0.2) is 42.5 Å². The number of carbonyl (C=O) groups is 1. The smallest absolute Gasteiger partial charge is 0.338 e. The first-order valence-corrected chi connectivity index (χ1v) is 9.28. The van der Waals surface area contributed by atoms with Gasteiger partial charge in [-0.2, -0.15) is 0 Å². The minimum atomic E-state index is -0.326. The van der Waals surface area contributed by atoms with Crippen LogP contribution in [0.5, 0.6) is 0 Å². The maximum atomic E-state index is 11.9. The molecule has 5 heteroatoms. The zero-order valence-electron chi connectivity index (χ0n) is 15.6. The summed E-state index contributed by atoms with van der Waals surface area (Å²) in [6.07, 6.45) is 2.00. The summed E-state index contributed by atoms with van der Waals surface area (Å²) in [5.41, 5.74) is 4.95. The van der Waals surface area contributed by atoms with Gasteiger partial charge in [0.2, 0.25) is 0 Å². The van der Waals surface area contributed by atoms with Crippen molar-refractivity contribution in [2.45, 2.75) is 33.6 Å². The van der Waals surface area contributed by atoms with E-state index in [9.17, 15) is 4.79 Å². The number of hydrogen-bond donors (Lipinski definition) is 2. The van der Waals surface area contributed by atoms with E-state index < -0.39 is 0 Å². The molecule has 0 spiro atoms. The maximum Gasteiger partial charge on any atom is 0.338 e. The Morgan fingerprint density at radius 1 is 1.12 bits per heavy atom. The minimum Gasteiger partial charge on any atom is -0.462 e. The molecular formula is C21H26N2O2S. The van der Waals surface area contributed by atoms with Gasteiger partial charge in [0.15, 0.2) is 5.11 Å². The van der Waals surface area contributed by atoms with E-state index in [0.29, 0.717) is 17.3 Å². The van der Waals surface area contributed by atoms with Gasteiger partial charge >= 0.3 is 5.97 Å². The Balaban J connectivity index is 1.82. The molecule has 0 amide bonds. The van der Waals surface area contributed by atoms with Crippen LogP contribution in [-0.2, 0) is 11.2 Å². The van der Waals surface area contributed by atoms with Gasteiger partial charge in [0, 0.05) is 12.2 Å². The largest absolute Gasteiger partial charge is 0.462 e. The van der Waals surface area contributed by atoms with Gasteiger partial charge in [-0.25, -0.2) is 4.79 Å². The zero-order valence-corrected chi connectivity index (χ0v) is 16.4. The number of anilines is 1. The van der Waals surface area contributed by atoms with Gasteiger partial charge in [0.05, 0.1) is 12.2 Å². The van der Waals surface area contributed by atoms with Crippen LogP contribution in [0.4, 0.5) is 5.69 Å². The molecule has 0 heterocycles. The molecule has 0 radical (unpaired) electrons. The molecule has 4 nitrogen and oxygen atoms in total. The standard InChI is InChI=1S/C21H26N2O2S/c1-4-25-20(24)18-12-9-16(3)19(14-18)23-21(26)22-13-5-6-17-10-7-15(2)8-11-17/h7-12,14H,4-6,13H2,1-3H3,(H2,22,23,26). The second-order valence-electron chi connectivity index (χ2n) is 6.22. The van der Waals surface area contributed by atoms with Gasteiger partial charge in [0.25, 0.3) is 0 Å². The molecule has 26 heavy (non-hydrogen) atoms. The second-order valence-corrected chi connectivity index (χ2v) is 6.63. The van der Waals surface area contributed by atoms with Crippen molar-refractivity contribution in [1.29, 1.82) is 0 Å². The third kappa shape index (κ3) is 6.15. The summed E-state index contributed by atoms with van der Waals surface area (Å²) in [5, 5.41) is 6.94. The van der Waals surface area contributed by atoms with Crippen molar-refractivity contribution in [2.75, 3.05) is 18.5 Å². The van der Waals surface area contributed by atoms with E-state index in [1.54, 1.807) is 19.1 Å². The van der Waals surface area contributed by atoms with Crippen LogP contribution >= 0.6 is 12.2 Å². The lowest BCUT2D eigenvalue weighted by Crippen LogP contribution is -2.29. The molecule has 0 aliphatic carbocycles. The number of nitrogens with one attached hydrogen (secondary N) is 2. The van der Waals surface area contributed by atoms with Crippen LogP contribution in [0, 0.1) is 13.8 Å². The van der Waals surface area contributed by atoms with E-state index in [4.69, 9.17) is 17.0 Å². The first-order chi connectivity index (χ1) is 12.5. The molecule has 0 saturated heterocycles. The van der Waals surface area contributed by atoms with Crippen LogP contribution < -0.4 is 10.6 Å². The maximum absolute atomic E-state index is 11.9. The normalized spacial score (nSPS) is 10.3. The first kappa shape index (κ1) is 19.9. The molecule has 2 aromatic carbocycles. The van der Waals surface area contributed by atoms with E-state index in [1.807, 2.05) is 13.0 Å². The van der Waals surface area contributed by atoms with Crippen molar-refractivity contribution in [3.63, 3.8) is 0 Å². The summed E-state index contributed by atoms with van der Waals surface area (Å²) in [4.78, 5) is 11.9. The Kier molecular flexibility index (Phi) is 7.60. The highest BCUT2D eigenvalue weighted by Crippen LogP contribution is 2.17. The molecule has 0 saturated carbocycles. The minimum absolute atomic E-state index is 0.326. The Labute approximate surface area is 161 Å². The van der Waals surface area contributed by atoms with E-state index >= 15 is 0 Å². The summed E-state index contributed by atoms with van der Waals surface area (Å²) >= 11 is 5.36. The molecule has 0 aliphatic heterocycles. The molecular weight excluding hydrogens is 344 g/mol. The van der Waals surface area contributed by atoms with Crippen LogP contribution in [0.3, 0.4) is 0 Å². The molecule has 2 aromatic rings. The monoisotopic (exact) mass is 370 g/mol. The fourth-order valence-electron chi connectivity index (χ4n) is 2.51. The number of carbonyl (C=O) groups excluding carboxylic acids is 1. The van der Waals surface area contributed by atoms with Gasteiger partial charge in [-0.3, -0.25) is 0 Å². The predicted molar refractivity (Wildman–Crippen MR) is 111 cm³/mol. The molecule has 2 rings (SSSR count). The highest BCUT2D eigenvalue weighted by atomic mass is 32.1. The van der Waals surface area contributed by atoms with Gasteiger partial charge in [-0.1, -0.05) is 35.9 Å². The van der Waals surface area contributed by atoms with Gasteiger partial charge in [-0.15, -0.1) is 0 Å². The van der Waals surface area contributed by atoms with Gasteiger partial charge in [0.1, 0.15) is 0 Å². The van der Waals surface area contributed by atoms with Crippen LogP contribution in [0.25, 0.3) is 0 Å². The lowest BCUT2D eigenvalue weighted by Gasteiger charge is -2.13. The first-order valence-electron chi connectivity index (χ1n) is 8.87. The zero-order chi connectivity index (χ0) is 18.9. The quantitative estimate of drug-likeness (QED) is 0.430. The van der Waals surface area contributed by atoms with Crippen molar-refractivity contribution in [2.24, 2.45) is 0 Å². The number of ether oxygens (including phenoxy) is 1. The van der Waals surface area contributed by atoms with Crippen molar-refractivity contribution < 1.29 is 9.53 Å².